The average Bonchev–Trinajstić information content (AvgIpc) is 3.53. The maximum atomic E-state index is 12.8. The molecular weight excluding hydrogens is 591 g/mol. The molecule has 5 heterocycles. The number of rotatable bonds is 9. The molecule has 15 heteroatoms. The van der Waals surface area contributed by atoms with E-state index in [1.165, 1.54) is 0 Å². The first kappa shape index (κ1) is 29.5. The largest absolute Gasteiger partial charge is 0.477 e. The number of aromatic carboxylic acids is 1. The first-order chi connectivity index (χ1) is 19.7. The standard InChI is InChI=1S/C26H32Cl2N8O4S/c1-14-13-36(5-3-16(14)33-24(37)22-20(28)19(27)15(2)32-22)26-34-21(23(41-26)25(38)39)17-11-31-18(12-30-17)29-4-6-35-7-9-40-10-8-35/h11-12,14,16,32H,3-10,13H2,1-2H3,(H,29,31)(H,33,37)(H,38,39)/t14-,16+/m0/s1. The molecule has 0 aromatic carbocycles. The molecule has 0 bridgehead atoms. The number of anilines is 2. The van der Waals surface area contributed by atoms with Gasteiger partial charge in [0.2, 0.25) is 0 Å². The zero-order valence-electron chi connectivity index (χ0n) is 22.7. The molecule has 2 atom stereocenters. The van der Waals surface area contributed by atoms with E-state index in [4.69, 9.17) is 27.9 Å². The molecule has 0 spiro atoms. The van der Waals surface area contributed by atoms with E-state index < -0.39 is 5.97 Å². The van der Waals surface area contributed by atoms with E-state index in [1.807, 2.05) is 11.8 Å². The van der Waals surface area contributed by atoms with Gasteiger partial charge in [-0.2, -0.15) is 0 Å². The minimum atomic E-state index is -1.06. The fraction of sp³-hybridized carbons (Fsp3) is 0.500. The van der Waals surface area contributed by atoms with Crippen LogP contribution in [-0.2, 0) is 4.74 Å². The quantitative estimate of drug-likeness (QED) is 0.279. The second kappa shape index (κ2) is 12.9. The van der Waals surface area contributed by atoms with Gasteiger partial charge in [-0.05, 0) is 19.3 Å². The molecule has 2 saturated heterocycles. The third-order valence-corrected chi connectivity index (χ3v) is 9.37. The molecule has 1 amide bonds. The second-order valence-corrected chi connectivity index (χ2v) is 11.9. The number of halogens is 2. The summed E-state index contributed by atoms with van der Waals surface area (Å²) < 4.78 is 5.37. The van der Waals surface area contributed by atoms with Crippen LogP contribution in [0.15, 0.2) is 12.4 Å². The fourth-order valence-corrected chi connectivity index (χ4v) is 6.34. The highest BCUT2D eigenvalue weighted by atomic mass is 35.5. The molecule has 220 valence electrons. The lowest BCUT2D eigenvalue weighted by Crippen LogP contribution is -2.50. The summed E-state index contributed by atoms with van der Waals surface area (Å²) in [5, 5.41) is 17.3. The lowest BCUT2D eigenvalue weighted by molar-refractivity contribution is 0.0398. The summed E-state index contributed by atoms with van der Waals surface area (Å²) >= 11 is 13.5. The van der Waals surface area contributed by atoms with Crippen LogP contribution >= 0.6 is 34.5 Å². The summed E-state index contributed by atoms with van der Waals surface area (Å²) in [6, 6.07) is -0.0928. The van der Waals surface area contributed by atoms with Gasteiger partial charge in [0.15, 0.2) is 5.13 Å². The molecule has 12 nitrogen and oxygen atoms in total. The molecule has 5 rings (SSSR count). The van der Waals surface area contributed by atoms with Gasteiger partial charge in [-0.15, -0.1) is 0 Å². The molecule has 4 N–H and O–H groups in total. The number of morpholine rings is 1. The lowest BCUT2D eigenvalue weighted by Gasteiger charge is -2.37. The third-order valence-electron chi connectivity index (χ3n) is 7.32. The van der Waals surface area contributed by atoms with Gasteiger partial charge in [-0.3, -0.25) is 9.69 Å². The van der Waals surface area contributed by atoms with E-state index in [9.17, 15) is 14.7 Å². The molecule has 41 heavy (non-hydrogen) atoms. The minimum absolute atomic E-state index is 0.0706. The van der Waals surface area contributed by atoms with Crippen molar-refractivity contribution in [3.05, 3.63) is 38.7 Å². The maximum Gasteiger partial charge on any atom is 0.348 e. The van der Waals surface area contributed by atoms with E-state index in [0.29, 0.717) is 52.6 Å². The van der Waals surface area contributed by atoms with E-state index in [1.54, 1.807) is 19.3 Å². The number of nitrogens with zero attached hydrogens (tertiary/aromatic N) is 5. The van der Waals surface area contributed by atoms with Crippen LogP contribution in [0.3, 0.4) is 0 Å². The summed E-state index contributed by atoms with van der Waals surface area (Å²) in [7, 11) is 0. The molecule has 0 saturated carbocycles. The van der Waals surface area contributed by atoms with Crippen molar-refractivity contribution in [3.8, 4) is 11.4 Å². The van der Waals surface area contributed by atoms with Gasteiger partial charge in [-0.25, -0.2) is 19.7 Å². The average molecular weight is 624 g/mol. The van der Waals surface area contributed by atoms with Crippen molar-refractivity contribution in [2.75, 3.05) is 62.7 Å². The Balaban J connectivity index is 1.21. The number of carboxylic acids is 1. The number of hydrogen-bond acceptors (Lipinski definition) is 10. The maximum absolute atomic E-state index is 12.8. The first-order valence-electron chi connectivity index (χ1n) is 13.4. The molecule has 0 aliphatic carbocycles. The Morgan fingerprint density at radius 2 is 1.98 bits per heavy atom. The highest BCUT2D eigenvalue weighted by molar-refractivity contribution is 7.17. The van der Waals surface area contributed by atoms with Crippen molar-refractivity contribution < 1.29 is 19.4 Å². The number of ether oxygens (including phenoxy) is 1. The van der Waals surface area contributed by atoms with Gasteiger partial charge >= 0.3 is 5.97 Å². The molecule has 3 aromatic heterocycles. The van der Waals surface area contributed by atoms with Gasteiger partial charge in [0.1, 0.15) is 27.8 Å². The van der Waals surface area contributed by atoms with Gasteiger partial charge in [0, 0.05) is 51.0 Å². The van der Waals surface area contributed by atoms with Gasteiger partial charge in [0.25, 0.3) is 5.91 Å². The number of aromatic nitrogens is 4. The van der Waals surface area contributed by atoms with Crippen molar-refractivity contribution in [1.82, 2.24) is 30.2 Å². The third kappa shape index (κ3) is 6.75. The van der Waals surface area contributed by atoms with Crippen LogP contribution in [0.25, 0.3) is 11.4 Å². The number of carboxylic acid groups (broad SMARTS) is 1. The summed E-state index contributed by atoms with van der Waals surface area (Å²) in [4.78, 5) is 45.9. The molecular formula is C26H32Cl2N8O4S. The van der Waals surface area contributed by atoms with Crippen molar-refractivity contribution in [2.24, 2.45) is 5.92 Å². The number of piperidine rings is 1. The predicted octanol–water partition coefficient (Wildman–Crippen LogP) is 3.63. The van der Waals surface area contributed by atoms with Crippen molar-refractivity contribution in [2.45, 2.75) is 26.3 Å². The van der Waals surface area contributed by atoms with E-state index in [-0.39, 0.29) is 33.5 Å². The number of amides is 1. The summed E-state index contributed by atoms with van der Waals surface area (Å²) in [5.74, 6) is -0.686. The molecule has 0 radical (unpaired) electrons. The van der Waals surface area contributed by atoms with Crippen molar-refractivity contribution in [1.29, 1.82) is 0 Å². The first-order valence-corrected chi connectivity index (χ1v) is 15.0. The van der Waals surface area contributed by atoms with Crippen LogP contribution in [0.1, 0.15) is 39.2 Å². The SMILES string of the molecule is Cc1[nH]c(C(=O)N[C@@H]2CCN(c3nc(-c4cnc(NCCN5CCOCC5)cn4)c(C(=O)O)s3)C[C@@H]2C)c(Cl)c1Cl. The van der Waals surface area contributed by atoms with Crippen molar-refractivity contribution in [3.63, 3.8) is 0 Å². The number of aryl methyl sites for hydroxylation is 1. The van der Waals surface area contributed by atoms with Gasteiger partial charge < -0.3 is 30.4 Å². The number of thiazole rings is 1. The zero-order chi connectivity index (χ0) is 29.1. The van der Waals surface area contributed by atoms with Crippen LogP contribution in [0.2, 0.25) is 10.0 Å². The number of carbonyl (C=O) groups excluding carboxylic acids is 1. The molecule has 2 aliphatic heterocycles. The number of hydrogen-bond donors (Lipinski definition) is 4. The molecule has 3 aromatic rings. The Kier molecular flexibility index (Phi) is 9.29. The summed E-state index contributed by atoms with van der Waals surface area (Å²) in [5.41, 5.74) is 1.58. The molecule has 0 unspecified atom stereocenters. The smallest absolute Gasteiger partial charge is 0.348 e. The molecule has 2 aliphatic rings. The van der Waals surface area contributed by atoms with Crippen LogP contribution in [0.5, 0.6) is 0 Å². The lowest BCUT2D eigenvalue weighted by atomic mass is 9.94. The van der Waals surface area contributed by atoms with E-state index >= 15 is 0 Å². The van der Waals surface area contributed by atoms with Crippen LogP contribution in [0.4, 0.5) is 10.9 Å². The molecule has 2 fully saturated rings. The number of aromatic amines is 1. The Bertz CT molecular complexity index is 1390. The van der Waals surface area contributed by atoms with Crippen LogP contribution in [0, 0.1) is 12.8 Å². The van der Waals surface area contributed by atoms with E-state index in [0.717, 1.165) is 50.7 Å². The monoisotopic (exact) mass is 622 g/mol. The Morgan fingerprint density at radius 3 is 2.61 bits per heavy atom. The highest BCUT2D eigenvalue weighted by Gasteiger charge is 2.32. The number of carbonyl (C=O) groups is 2. The normalized spacial score (nSPS) is 19.8. The Morgan fingerprint density at radius 1 is 1.20 bits per heavy atom. The van der Waals surface area contributed by atoms with E-state index in [2.05, 4.69) is 35.5 Å². The van der Waals surface area contributed by atoms with Crippen molar-refractivity contribution >= 4 is 57.4 Å². The predicted molar refractivity (Wildman–Crippen MR) is 159 cm³/mol. The van der Waals surface area contributed by atoms with Crippen LogP contribution in [-0.4, -0.2) is 100 Å². The Labute approximate surface area is 251 Å². The Hall–Kier alpha value is -2.97. The number of nitrogens with one attached hydrogen (secondary N) is 3. The van der Waals surface area contributed by atoms with Gasteiger partial charge in [0.05, 0.1) is 35.7 Å². The summed E-state index contributed by atoms with van der Waals surface area (Å²) in [6.45, 7) is 9.90. The second-order valence-electron chi connectivity index (χ2n) is 10.2. The van der Waals surface area contributed by atoms with Crippen LogP contribution < -0.4 is 15.5 Å². The number of H-pyrrole nitrogens is 1. The highest BCUT2D eigenvalue weighted by Crippen LogP contribution is 2.35. The topological polar surface area (TPSA) is 149 Å². The fourth-order valence-electron chi connectivity index (χ4n) is 4.97. The van der Waals surface area contributed by atoms with Gasteiger partial charge in [-0.1, -0.05) is 41.5 Å². The summed E-state index contributed by atoms with van der Waals surface area (Å²) in [6.07, 6.45) is 3.80. The zero-order valence-corrected chi connectivity index (χ0v) is 25.1. The minimum Gasteiger partial charge on any atom is -0.477 e.